The first-order valence-corrected chi connectivity index (χ1v) is 12.8. The van der Waals surface area contributed by atoms with E-state index < -0.39 is 35.7 Å². The van der Waals surface area contributed by atoms with E-state index in [9.17, 15) is 27.5 Å². The number of aliphatic carboxylic acids is 1. The van der Waals surface area contributed by atoms with Gasteiger partial charge in [-0.1, -0.05) is 19.1 Å². The fourth-order valence-corrected chi connectivity index (χ4v) is 4.54. The molecule has 0 saturated heterocycles. The van der Waals surface area contributed by atoms with Gasteiger partial charge < -0.3 is 9.84 Å². The topological polar surface area (TPSA) is 103 Å². The van der Waals surface area contributed by atoms with Crippen LogP contribution in [0.2, 0.25) is 0 Å². The van der Waals surface area contributed by atoms with E-state index in [0.29, 0.717) is 12.1 Å². The van der Waals surface area contributed by atoms with Gasteiger partial charge in [0.1, 0.15) is 29.1 Å². The Labute approximate surface area is 232 Å². The zero-order chi connectivity index (χ0) is 29.3. The van der Waals surface area contributed by atoms with Crippen LogP contribution >= 0.6 is 0 Å². The van der Waals surface area contributed by atoms with Gasteiger partial charge in [0.05, 0.1) is 35.8 Å². The van der Waals surface area contributed by atoms with Gasteiger partial charge >= 0.3 is 12.1 Å². The highest BCUT2D eigenvalue weighted by Crippen LogP contribution is 2.41. The summed E-state index contributed by atoms with van der Waals surface area (Å²) in [5.74, 6) is -1.68. The largest absolute Gasteiger partial charge is 0.494 e. The first-order chi connectivity index (χ1) is 19.6. The molecule has 1 N–H and O–H groups in total. The molecule has 0 fully saturated rings. The molecule has 2 aromatic rings. The minimum absolute atomic E-state index is 0.0646. The summed E-state index contributed by atoms with van der Waals surface area (Å²) in [6.07, 6.45) is -1.35. The third-order valence-corrected chi connectivity index (χ3v) is 6.42. The molecule has 0 spiro atoms. The van der Waals surface area contributed by atoms with Crippen molar-refractivity contribution in [2.24, 2.45) is 0 Å². The van der Waals surface area contributed by atoms with Crippen LogP contribution in [-0.2, 0) is 15.8 Å². The fraction of sp³-hybridized carbons (Fsp3) is 0.286. The fourth-order valence-electron chi connectivity index (χ4n) is 4.54. The Morgan fingerprint density at radius 3 is 2.56 bits per heavy atom. The van der Waals surface area contributed by atoms with Crippen molar-refractivity contribution in [3.8, 4) is 28.5 Å². The first-order valence-electron chi connectivity index (χ1n) is 12.8. The lowest BCUT2D eigenvalue weighted by Gasteiger charge is -2.25. The Bertz CT molecular complexity index is 1570. The number of carboxylic acid groups (broad SMARTS) is 1. The zero-order valence-corrected chi connectivity index (χ0v) is 22.0. The molecule has 3 heterocycles. The van der Waals surface area contributed by atoms with E-state index in [-0.39, 0.29) is 47.2 Å². The molecule has 13 heteroatoms. The number of hydrogen-bond donors (Lipinski definition) is 1. The summed E-state index contributed by atoms with van der Waals surface area (Å²) >= 11 is 0. The molecule has 214 valence electrons. The number of rotatable bonds is 9. The van der Waals surface area contributed by atoms with E-state index in [4.69, 9.17) is 9.57 Å². The van der Waals surface area contributed by atoms with Crippen LogP contribution in [0.25, 0.3) is 28.5 Å². The number of ether oxygens (including phenoxy) is 1. The number of carboxylic acids is 1. The second kappa shape index (κ2) is 11.2. The van der Waals surface area contributed by atoms with Gasteiger partial charge in [0.2, 0.25) is 0 Å². The van der Waals surface area contributed by atoms with Crippen LogP contribution in [0, 0.1) is 5.82 Å². The average molecular weight is 572 g/mol. The van der Waals surface area contributed by atoms with Crippen LogP contribution in [0.1, 0.15) is 37.4 Å². The summed E-state index contributed by atoms with van der Waals surface area (Å²) in [6.45, 7) is 3.90. The maximum absolute atomic E-state index is 14.3. The lowest BCUT2D eigenvalue weighted by Crippen LogP contribution is -2.34. The number of aromatic nitrogens is 4. The summed E-state index contributed by atoms with van der Waals surface area (Å²) in [4.78, 5) is 26.9. The van der Waals surface area contributed by atoms with Gasteiger partial charge in [-0.2, -0.15) is 18.3 Å². The molecule has 0 saturated carbocycles. The summed E-state index contributed by atoms with van der Waals surface area (Å²) in [5, 5.41) is 15.5. The summed E-state index contributed by atoms with van der Waals surface area (Å²) in [5.41, 5.74) is -0.327. The Balaban J connectivity index is 1.53. The highest BCUT2D eigenvalue weighted by molar-refractivity contribution is 5.76. The maximum Gasteiger partial charge on any atom is 0.417 e. The molecule has 0 radical (unpaired) electrons. The van der Waals surface area contributed by atoms with E-state index in [0.717, 1.165) is 10.7 Å². The maximum atomic E-state index is 14.3. The summed E-state index contributed by atoms with van der Waals surface area (Å²) in [6, 6.07) is 8.12. The number of hydrogen-bond acceptors (Lipinski definition) is 7. The lowest BCUT2D eigenvalue weighted by atomic mass is 10.0. The number of imidazole rings is 1. The minimum atomic E-state index is -4.71. The average Bonchev–Trinajstić information content (AvgIpc) is 3.55. The van der Waals surface area contributed by atoms with Crippen molar-refractivity contribution < 1.29 is 37.0 Å². The lowest BCUT2D eigenvalue weighted by molar-refractivity contribution is -0.161. The number of hydroxylamine groups is 2. The molecule has 0 aliphatic carbocycles. The Morgan fingerprint density at radius 1 is 1.12 bits per heavy atom. The smallest absolute Gasteiger partial charge is 0.417 e. The highest BCUT2D eigenvalue weighted by Gasteiger charge is 2.41. The third kappa shape index (κ3) is 5.57. The van der Waals surface area contributed by atoms with Crippen molar-refractivity contribution in [3.05, 3.63) is 77.9 Å². The number of nitrogens with zero attached hydrogens (tertiary/aromatic N) is 5. The third-order valence-electron chi connectivity index (χ3n) is 6.42. The number of fused-ring (bicyclic) bond motifs is 1. The highest BCUT2D eigenvalue weighted by atomic mass is 19.4. The van der Waals surface area contributed by atoms with Gasteiger partial charge in [-0.05, 0) is 49.8 Å². The zero-order valence-electron chi connectivity index (χ0n) is 22.0. The van der Waals surface area contributed by atoms with Crippen molar-refractivity contribution in [1.82, 2.24) is 24.8 Å². The molecular weight excluding hydrogens is 546 g/mol. The van der Waals surface area contributed by atoms with E-state index >= 15 is 0 Å². The van der Waals surface area contributed by atoms with Crippen LogP contribution in [0.4, 0.5) is 17.6 Å². The molecule has 5 rings (SSSR count). The minimum Gasteiger partial charge on any atom is -0.494 e. The van der Waals surface area contributed by atoms with Crippen LogP contribution in [0.5, 0.6) is 5.75 Å². The molecule has 2 atom stereocenters. The summed E-state index contributed by atoms with van der Waals surface area (Å²) in [7, 11) is 0. The molecule has 3 aliphatic heterocycles. The predicted octanol–water partition coefficient (Wildman–Crippen LogP) is 5.69. The Hall–Kier alpha value is -4.52. The molecule has 2 unspecified atom stereocenters. The molecule has 2 aromatic carbocycles. The number of carbonyl (C=O) groups is 1. The number of benzene rings is 2. The molecule has 9 nitrogen and oxygen atoms in total. The van der Waals surface area contributed by atoms with Crippen molar-refractivity contribution >= 4 is 11.7 Å². The van der Waals surface area contributed by atoms with Gasteiger partial charge in [0, 0.05) is 12.1 Å². The second-order valence-corrected chi connectivity index (χ2v) is 9.20. The number of halogens is 4. The van der Waals surface area contributed by atoms with Crippen LogP contribution in [-0.4, -0.2) is 55.1 Å². The monoisotopic (exact) mass is 571 g/mol. The van der Waals surface area contributed by atoms with Crippen LogP contribution in [0.3, 0.4) is 0 Å². The van der Waals surface area contributed by atoms with Gasteiger partial charge in [-0.15, -0.1) is 0 Å². The Kier molecular flexibility index (Phi) is 7.63. The van der Waals surface area contributed by atoms with Gasteiger partial charge in [0.25, 0.3) is 0 Å². The molecule has 0 amide bonds. The predicted molar refractivity (Wildman–Crippen MR) is 139 cm³/mol. The van der Waals surface area contributed by atoms with Gasteiger partial charge in [0.15, 0.2) is 11.9 Å². The summed E-state index contributed by atoms with van der Waals surface area (Å²) < 4.78 is 63.0. The van der Waals surface area contributed by atoms with E-state index in [1.807, 2.05) is 6.92 Å². The normalized spacial score (nSPS) is 16.2. The molecule has 0 aromatic heterocycles. The van der Waals surface area contributed by atoms with E-state index in [1.165, 1.54) is 53.9 Å². The first kappa shape index (κ1) is 28.0. The molecule has 41 heavy (non-hydrogen) atoms. The quantitative estimate of drug-likeness (QED) is 0.256. The van der Waals surface area contributed by atoms with Crippen LogP contribution in [0.15, 0.2) is 60.9 Å². The van der Waals surface area contributed by atoms with Crippen molar-refractivity contribution in [1.29, 1.82) is 0 Å². The molecule has 3 aliphatic rings. The standard InChI is InChI=1S/C28H25F4N5O4/c1-3-11-40-16-9-10-17(19(12-16)28(30,31)32)23-13-24(41-37(23)4-2)25(27(38)39)36-15-22-21(14-33-36)34-26(35-22)18-7-5-6-8-20(18)29/h5-10,12-15,24-25H,3-4,11H2,1-2H3,(H,38,39). The van der Waals surface area contributed by atoms with Crippen LogP contribution < -0.4 is 4.74 Å². The molecular formula is C28H25F4N5O4. The Morgan fingerprint density at radius 2 is 1.88 bits per heavy atom. The number of alkyl halides is 3. The second-order valence-electron chi connectivity index (χ2n) is 9.20. The van der Waals surface area contributed by atoms with Crippen molar-refractivity contribution in [2.75, 3.05) is 13.2 Å². The van der Waals surface area contributed by atoms with Gasteiger partial charge in [-0.3, -0.25) is 14.6 Å². The van der Waals surface area contributed by atoms with Gasteiger partial charge in [-0.25, -0.2) is 19.2 Å². The van der Waals surface area contributed by atoms with Crippen molar-refractivity contribution in [2.45, 2.75) is 38.6 Å². The van der Waals surface area contributed by atoms with E-state index in [1.54, 1.807) is 13.0 Å². The molecule has 0 bridgehead atoms. The van der Waals surface area contributed by atoms with E-state index in [2.05, 4.69) is 15.1 Å². The van der Waals surface area contributed by atoms with Crippen molar-refractivity contribution in [3.63, 3.8) is 0 Å². The SMILES string of the molecule is CCCOc1ccc(C2=CC(C(C(=O)O)n3cc4nc(-c5ccccc5F)nc-4cn3)ON2CC)c(C(F)(F)F)c1.